The van der Waals surface area contributed by atoms with Gasteiger partial charge in [-0.05, 0) is 18.6 Å². The van der Waals surface area contributed by atoms with Gasteiger partial charge in [0.2, 0.25) is 11.9 Å². The van der Waals surface area contributed by atoms with E-state index in [1.807, 2.05) is 0 Å². The average Bonchev–Trinajstić information content (AvgIpc) is 2.34. The molecular weight excluding hydrogens is 249 g/mol. The third-order valence-corrected chi connectivity index (χ3v) is 2.38. The number of benzene rings is 1. The molecule has 0 spiro atoms. The van der Waals surface area contributed by atoms with E-state index in [2.05, 4.69) is 15.0 Å². The van der Waals surface area contributed by atoms with Crippen molar-refractivity contribution < 1.29 is 9.13 Å². The third-order valence-electron chi connectivity index (χ3n) is 2.38. The highest BCUT2D eigenvalue weighted by Crippen LogP contribution is 2.24. The van der Waals surface area contributed by atoms with E-state index in [1.165, 1.54) is 6.07 Å². The lowest BCUT2D eigenvalue weighted by atomic mass is 10.2. The van der Waals surface area contributed by atoms with Crippen LogP contribution in [-0.2, 0) is 0 Å². The fourth-order valence-corrected chi connectivity index (χ4v) is 1.40. The van der Waals surface area contributed by atoms with E-state index in [0.29, 0.717) is 11.5 Å². The summed E-state index contributed by atoms with van der Waals surface area (Å²) in [6.45, 7) is 1.65. The van der Waals surface area contributed by atoms with Gasteiger partial charge in [-0.2, -0.15) is 15.0 Å². The van der Waals surface area contributed by atoms with Gasteiger partial charge >= 0.3 is 6.01 Å². The van der Waals surface area contributed by atoms with Crippen LogP contribution in [0.4, 0.5) is 16.3 Å². The molecule has 2 aromatic rings. The molecule has 7 heteroatoms. The van der Waals surface area contributed by atoms with Gasteiger partial charge in [0.05, 0.1) is 0 Å². The zero-order valence-corrected chi connectivity index (χ0v) is 10.9. The van der Waals surface area contributed by atoms with E-state index >= 15 is 0 Å². The molecule has 0 atom stereocenters. The standard InChI is InChI=1S/C12H14FN5O/c1-7-5-4-6-8(9(7)13)19-12-16-10(14)15-11(17-12)18(2)3/h4-6H,1-3H3,(H2,14,15,16,17). The van der Waals surface area contributed by atoms with Crippen molar-refractivity contribution >= 4 is 11.9 Å². The summed E-state index contributed by atoms with van der Waals surface area (Å²) >= 11 is 0. The Bertz CT molecular complexity index is 603. The monoisotopic (exact) mass is 263 g/mol. The fraction of sp³-hybridized carbons (Fsp3) is 0.250. The largest absolute Gasteiger partial charge is 0.421 e. The number of rotatable bonds is 3. The Balaban J connectivity index is 2.35. The second-order valence-corrected chi connectivity index (χ2v) is 4.16. The molecule has 0 aliphatic heterocycles. The van der Waals surface area contributed by atoms with Crippen LogP contribution in [0.1, 0.15) is 5.56 Å². The maximum absolute atomic E-state index is 13.8. The molecule has 0 fully saturated rings. The van der Waals surface area contributed by atoms with E-state index in [1.54, 1.807) is 38.1 Å². The van der Waals surface area contributed by atoms with Crippen LogP contribution in [0.2, 0.25) is 0 Å². The van der Waals surface area contributed by atoms with Crippen molar-refractivity contribution in [3.8, 4) is 11.8 Å². The second-order valence-electron chi connectivity index (χ2n) is 4.16. The molecule has 19 heavy (non-hydrogen) atoms. The maximum Gasteiger partial charge on any atom is 0.328 e. The number of aromatic nitrogens is 3. The molecule has 0 aliphatic carbocycles. The lowest BCUT2D eigenvalue weighted by Crippen LogP contribution is -2.15. The summed E-state index contributed by atoms with van der Waals surface area (Å²) in [5, 5.41) is 0. The minimum Gasteiger partial charge on any atom is -0.421 e. The van der Waals surface area contributed by atoms with Gasteiger partial charge in [-0.15, -0.1) is 0 Å². The Hall–Kier alpha value is -2.44. The summed E-state index contributed by atoms with van der Waals surface area (Å²) in [6, 6.07) is 4.79. The van der Waals surface area contributed by atoms with Gasteiger partial charge in [-0.1, -0.05) is 12.1 Å². The molecule has 1 aromatic carbocycles. The minimum absolute atomic E-state index is 0.0155. The van der Waals surface area contributed by atoms with Crippen LogP contribution >= 0.6 is 0 Å². The van der Waals surface area contributed by atoms with E-state index in [9.17, 15) is 4.39 Å². The molecule has 100 valence electrons. The molecule has 0 aliphatic rings. The molecule has 0 saturated carbocycles. The topological polar surface area (TPSA) is 77.2 Å². The van der Waals surface area contributed by atoms with Crippen LogP contribution in [0.15, 0.2) is 18.2 Å². The zero-order valence-electron chi connectivity index (χ0n) is 10.9. The Labute approximate surface area is 110 Å². The molecule has 0 bridgehead atoms. The number of aryl methyl sites for hydroxylation is 1. The van der Waals surface area contributed by atoms with Crippen molar-refractivity contribution in [3.63, 3.8) is 0 Å². The molecule has 6 nitrogen and oxygen atoms in total. The molecular formula is C12H14FN5O. The van der Waals surface area contributed by atoms with Crippen molar-refractivity contribution in [3.05, 3.63) is 29.6 Å². The predicted molar refractivity (Wildman–Crippen MR) is 69.8 cm³/mol. The van der Waals surface area contributed by atoms with Crippen LogP contribution in [-0.4, -0.2) is 29.0 Å². The number of nitrogens with two attached hydrogens (primary N) is 1. The van der Waals surface area contributed by atoms with E-state index in [-0.39, 0.29) is 17.7 Å². The first-order valence-corrected chi connectivity index (χ1v) is 5.59. The summed E-state index contributed by atoms with van der Waals surface area (Å²) < 4.78 is 19.1. The smallest absolute Gasteiger partial charge is 0.328 e. The quantitative estimate of drug-likeness (QED) is 0.909. The summed E-state index contributed by atoms with van der Waals surface area (Å²) in [4.78, 5) is 13.4. The van der Waals surface area contributed by atoms with Crippen LogP contribution in [0.3, 0.4) is 0 Å². The van der Waals surface area contributed by atoms with Gasteiger partial charge < -0.3 is 15.4 Å². The van der Waals surface area contributed by atoms with Gasteiger partial charge in [0.15, 0.2) is 11.6 Å². The lowest BCUT2D eigenvalue weighted by Gasteiger charge is -2.12. The Morgan fingerprint density at radius 3 is 2.63 bits per heavy atom. The van der Waals surface area contributed by atoms with Gasteiger partial charge in [-0.25, -0.2) is 4.39 Å². The van der Waals surface area contributed by atoms with Crippen molar-refractivity contribution in [2.45, 2.75) is 6.92 Å². The van der Waals surface area contributed by atoms with Crippen molar-refractivity contribution in [2.24, 2.45) is 0 Å². The average molecular weight is 263 g/mol. The summed E-state index contributed by atoms with van der Waals surface area (Å²) in [6.07, 6.45) is 0. The lowest BCUT2D eigenvalue weighted by molar-refractivity contribution is 0.409. The number of nitrogen functional groups attached to an aromatic ring is 1. The van der Waals surface area contributed by atoms with Gasteiger partial charge in [-0.3, -0.25) is 0 Å². The Morgan fingerprint density at radius 2 is 1.95 bits per heavy atom. The predicted octanol–water partition coefficient (Wildman–Crippen LogP) is 1.76. The fourth-order valence-electron chi connectivity index (χ4n) is 1.40. The summed E-state index contributed by atoms with van der Waals surface area (Å²) in [7, 11) is 3.51. The van der Waals surface area contributed by atoms with E-state index in [0.717, 1.165) is 0 Å². The number of hydrogen-bond donors (Lipinski definition) is 1. The van der Waals surface area contributed by atoms with Crippen LogP contribution in [0.25, 0.3) is 0 Å². The highest BCUT2D eigenvalue weighted by molar-refractivity contribution is 5.36. The molecule has 2 N–H and O–H groups in total. The van der Waals surface area contributed by atoms with Crippen LogP contribution in [0, 0.1) is 12.7 Å². The zero-order chi connectivity index (χ0) is 14.0. The minimum atomic E-state index is -0.451. The molecule has 1 aromatic heterocycles. The first-order chi connectivity index (χ1) is 8.97. The highest BCUT2D eigenvalue weighted by Gasteiger charge is 2.11. The normalized spacial score (nSPS) is 10.3. The van der Waals surface area contributed by atoms with Gasteiger partial charge in [0.1, 0.15) is 0 Å². The SMILES string of the molecule is Cc1cccc(Oc2nc(N)nc(N(C)C)n2)c1F. The van der Waals surface area contributed by atoms with Crippen molar-refractivity contribution in [1.29, 1.82) is 0 Å². The first kappa shape index (κ1) is 13.0. The number of anilines is 2. The summed E-state index contributed by atoms with van der Waals surface area (Å²) in [5.74, 6) is -0.0412. The summed E-state index contributed by atoms with van der Waals surface area (Å²) in [5.41, 5.74) is 6.04. The number of halogens is 1. The Kier molecular flexibility index (Phi) is 3.46. The molecule has 0 radical (unpaired) electrons. The molecule has 0 saturated heterocycles. The highest BCUT2D eigenvalue weighted by atomic mass is 19.1. The second kappa shape index (κ2) is 5.05. The number of nitrogens with zero attached hydrogens (tertiary/aromatic N) is 4. The van der Waals surface area contributed by atoms with Crippen LogP contribution in [0.5, 0.6) is 11.8 Å². The van der Waals surface area contributed by atoms with Gasteiger partial charge in [0.25, 0.3) is 0 Å². The van der Waals surface area contributed by atoms with E-state index < -0.39 is 5.82 Å². The molecule has 1 heterocycles. The van der Waals surface area contributed by atoms with E-state index in [4.69, 9.17) is 10.5 Å². The number of hydrogen-bond acceptors (Lipinski definition) is 6. The maximum atomic E-state index is 13.8. The van der Waals surface area contributed by atoms with Gasteiger partial charge in [0, 0.05) is 14.1 Å². The van der Waals surface area contributed by atoms with Crippen molar-refractivity contribution in [1.82, 2.24) is 15.0 Å². The first-order valence-electron chi connectivity index (χ1n) is 5.59. The Morgan fingerprint density at radius 1 is 1.21 bits per heavy atom. The molecule has 2 rings (SSSR count). The molecule has 0 unspecified atom stereocenters. The number of ether oxygens (including phenoxy) is 1. The molecule has 0 amide bonds. The van der Waals surface area contributed by atoms with Crippen LogP contribution < -0.4 is 15.4 Å². The third kappa shape index (κ3) is 2.87. The van der Waals surface area contributed by atoms with Crippen molar-refractivity contribution in [2.75, 3.05) is 24.7 Å².